The van der Waals surface area contributed by atoms with Crippen LogP contribution in [0.25, 0.3) is 0 Å². The summed E-state index contributed by atoms with van der Waals surface area (Å²) >= 11 is 0. The Morgan fingerprint density at radius 1 is 1.22 bits per heavy atom. The molecule has 2 amide bonds. The third kappa shape index (κ3) is 8.03. The maximum atomic E-state index is 11.6. The number of nitrogens with one attached hydrogen (secondary N) is 2. The first-order valence-corrected chi connectivity index (χ1v) is 6.30. The second kappa shape index (κ2) is 8.88. The average Bonchev–Trinajstić information content (AvgIpc) is 2.23. The zero-order valence-electron chi connectivity index (χ0n) is 11.8. The molecule has 106 valence electrons. The highest BCUT2D eigenvalue weighted by Crippen LogP contribution is 2.05. The maximum absolute atomic E-state index is 11.6. The van der Waals surface area contributed by atoms with E-state index in [2.05, 4.69) is 24.5 Å². The minimum Gasteiger partial charge on any atom is -0.347 e. The van der Waals surface area contributed by atoms with Crippen LogP contribution in [0.15, 0.2) is 0 Å². The van der Waals surface area contributed by atoms with Gasteiger partial charge < -0.3 is 21.3 Å². The molecule has 0 spiro atoms. The van der Waals surface area contributed by atoms with Gasteiger partial charge in [-0.2, -0.15) is 0 Å². The van der Waals surface area contributed by atoms with Crippen LogP contribution < -0.4 is 16.4 Å². The molecule has 0 aliphatic carbocycles. The molecule has 0 fully saturated rings. The summed E-state index contributed by atoms with van der Waals surface area (Å²) < 4.78 is 0. The van der Waals surface area contributed by atoms with Gasteiger partial charge in [-0.1, -0.05) is 13.8 Å². The van der Waals surface area contributed by atoms with E-state index in [4.69, 9.17) is 5.73 Å². The zero-order valence-corrected chi connectivity index (χ0v) is 11.8. The van der Waals surface area contributed by atoms with E-state index in [1.54, 1.807) is 0 Å². The summed E-state index contributed by atoms with van der Waals surface area (Å²) in [6.07, 6.45) is 0.841. The van der Waals surface area contributed by atoms with E-state index in [1.807, 2.05) is 19.0 Å². The minimum atomic E-state index is -0.618. The van der Waals surface area contributed by atoms with Gasteiger partial charge in [-0.3, -0.25) is 9.59 Å². The summed E-state index contributed by atoms with van der Waals surface area (Å²) in [4.78, 5) is 25.0. The Morgan fingerprint density at radius 2 is 1.83 bits per heavy atom. The quantitative estimate of drug-likeness (QED) is 0.519. The van der Waals surface area contributed by atoms with Gasteiger partial charge in [0.15, 0.2) is 0 Å². The van der Waals surface area contributed by atoms with Crippen molar-refractivity contribution in [1.29, 1.82) is 0 Å². The SMILES string of the molecule is CC(C)CC(CN(C)C)NC(=O)C(=O)NCCN. The lowest BCUT2D eigenvalue weighted by atomic mass is 10.0. The lowest BCUT2D eigenvalue weighted by molar-refractivity contribution is -0.139. The molecule has 6 nitrogen and oxygen atoms in total. The molecule has 0 bridgehead atoms. The molecule has 0 heterocycles. The van der Waals surface area contributed by atoms with Crippen molar-refractivity contribution in [2.24, 2.45) is 11.7 Å². The monoisotopic (exact) mass is 258 g/mol. The molecule has 0 aromatic carbocycles. The molecular formula is C12H26N4O2. The molecule has 1 atom stereocenters. The Labute approximate surface area is 109 Å². The highest BCUT2D eigenvalue weighted by Gasteiger charge is 2.19. The number of carbonyl (C=O) groups excluding carboxylic acids is 2. The van der Waals surface area contributed by atoms with E-state index in [0.29, 0.717) is 25.6 Å². The topological polar surface area (TPSA) is 87.5 Å². The van der Waals surface area contributed by atoms with Crippen molar-refractivity contribution in [1.82, 2.24) is 15.5 Å². The fourth-order valence-corrected chi connectivity index (χ4v) is 1.71. The second-order valence-corrected chi connectivity index (χ2v) is 5.11. The molecule has 0 saturated carbocycles. The van der Waals surface area contributed by atoms with E-state index in [-0.39, 0.29) is 6.04 Å². The summed E-state index contributed by atoms with van der Waals surface area (Å²) in [5.41, 5.74) is 5.26. The Kier molecular flexibility index (Phi) is 8.32. The van der Waals surface area contributed by atoms with Gasteiger partial charge in [-0.25, -0.2) is 0 Å². The van der Waals surface area contributed by atoms with Crippen LogP contribution in [0.2, 0.25) is 0 Å². The molecule has 0 rings (SSSR count). The van der Waals surface area contributed by atoms with E-state index in [9.17, 15) is 9.59 Å². The third-order valence-electron chi connectivity index (χ3n) is 2.31. The summed E-state index contributed by atoms with van der Waals surface area (Å²) in [5, 5.41) is 5.21. The van der Waals surface area contributed by atoms with Crippen LogP contribution >= 0.6 is 0 Å². The average molecular weight is 258 g/mol. The highest BCUT2D eigenvalue weighted by atomic mass is 16.2. The van der Waals surface area contributed by atoms with Crippen molar-refractivity contribution >= 4 is 11.8 Å². The lowest BCUT2D eigenvalue weighted by Gasteiger charge is -2.23. The molecular weight excluding hydrogens is 232 g/mol. The fraction of sp³-hybridized carbons (Fsp3) is 0.833. The van der Waals surface area contributed by atoms with Gasteiger partial charge in [-0.15, -0.1) is 0 Å². The second-order valence-electron chi connectivity index (χ2n) is 5.11. The predicted octanol–water partition coefficient (Wildman–Crippen LogP) is -0.846. The summed E-state index contributed by atoms with van der Waals surface area (Å²) in [5.74, 6) is -0.744. The number of nitrogens with two attached hydrogens (primary N) is 1. The van der Waals surface area contributed by atoms with Gasteiger partial charge in [0.05, 0.1) is 0 Å². The first kappa shape index (κ1) is 16.9. The minimum absolute atomic E-state index is 0.0175. The molecule has 1 unspecified atom stereocenters. The third-order valence-corrected chi connectivity index (χ3v) is 2.31. The molecule has 18 heavy (non-hydrogen) atoms. The number of rotatable bonds is 7. The number of amides is 2. The number of nitrogens with zero attached hydrogens (tertiary/aromatic N) is 1. The number of hydrogen-bond donors (Lipinski definition) is 3. The van der Waals surface area contributed by atoms with Gasteiger partial charge in [0.25, 0.3) is 0 Å². The molecule has 4 N–H and O–H groups in total. The predicted molar refractivity (Wildman–Crippen MR) is 72.0 cm³/mol. The lowest BCUT2D eigenvalue weighted by Crippen LogP contribution is -2.49. The first-order valence-electron chi connectivity index (χ1n) is 6.30. The van der Waals surface area contributed by atoms with Crippen LogP contribution in [0.5, 0.6) is 0 Å². The number of hydrogen-bond acceptors (Lipinski definition) is 4. The Morgan fingerprint density at radius 3 is 2.28 bits per heavy atom. The molecule has 6 heteroatoms. The smallest absolute Gasteiger partial charge is 0.309 e. The Balaban J connectivity index is 4.28. The largest absolute Gasteiger partial charge is 0.347 e. The highest BCUT2D eigenvalue weighted by molar-refractivity contribution is 6.35. The van der Waals surface area contributed by atoms with Crippen molar-refractivity contribution in [2.45, 2.75) is 26.3 Å². The van der Waals surface area contributed by atoms with Crippen LogP contribution in [0.1, 0.15) is 20.3 Å². The molecule has 0 radical (unpaired) electrons. The van der Waals surface area contributed by atoms with Crippen molar-refractivity contribution in [3.05, 3.63) is 0 Å². The molecule has 0 aromatic rings. The van der Waals surface area contributed by atoms with Crippen molar-refractivity contribution in [3.63, 3.8) is 0 Å². The molecule has 0 saturated heterocycles. The van der Waals surface area contributed by atoms with E-state index >= 15 is 0 Å². The van der Waals surface area contributed by atoms with E-state index in [1.165, 1.54) is 0 Å². The van der Waals surface area contributed by atoms with Crippen molar-refractivity contribution < 1.29 is 9.59 Å². The summed E-state index contributed by atoms with van der Waals surface area (Å²) in [6, 6.07) is -0.0175. The Hall–Kier alpha value is -1.14. The fourth-order valence-electron chi connectivity index (χ4n) is 1.71. The molecule has 0 aromatic heterocycles. The normalized spacial score (nSPS) is 12.6. The number of likely N-dealkylation sites (N-methyl/N-ethyl adjacent to an activating group) is 1. The van der Waals surface area contributed by atoms with Gasteiger partial charge in [0, 0.05) is 25.7 Å². The van der Waals surface area contributed by atoms with E-state index < -0.39 is 11.8 Å². The van der Waals surface area contributed by atoms with Crippen LogP contribution in [-0.2, 0) is 9.59 Å². The van der Waals surface area contributed by atoms with E-state index in [0.717, 1.165) is 6.42 Å². The molecule has 0 aliphatic heterocycles. The van der Waals surface area contributed by atoms with Crippen LogP contribution in [0.3, 0.4) is 0 Å². The standard InChI is InChI=1S/C12H26N4O2/c1-9(2)7-10(8-16(3)4)15-12(18)11(17)14-6-5-13/h9-10H,5-8,13H2,1-4H3,(H,14,17)(H,15,18). The zero-order chi connectivity index (χ0) is 14.1. The van der Waals surface area contributed by atoms with Crippen molar-refractivity contribution in [3.8, 4) is 0 Å². The van der Waals surface area contributed by atoms with Gasteiger partial charge in [0.1, 0.15) is 0 Å². The first-order chi connectivity index (χ1) is 8.36. The summed E-state index contributed by atoms with van der Waals surface area (Å²) in [7, 11) is 3.88. The van der Waals surface area contributed by atoms with Gasteiger partial charge in [0.2, 0.25) is 0 Å². The summed E-state index contributed by atoms with van der Waals surface area (Å²) in [6.45, 7) is 5.53. The van der Waals surface area contributed by atoms with Gasteiger partial charge >= 0.3 is 11.8 Å². The number of carbonyl (C=O) groups is 2. The maximum Gasteiger partial charge on any atom is 0.309 e. The Bertz CT molecular complexity index is 257. The van der Waals surface area contributed by atoms with Gasteiger partial charge in [-0.05, 0) is 26.4 Å². The van der Waals surface area contributed by atoms with Crippen molar-refractivity contribution in [2.75, 3.05) is 33.7 Å². The van der Waals surface area contributed by atoms with Crippen LogP contribution in [-0.4, -0.2) is 56.5 Å². The van der Waals surface area contributed by atoms with Crippen LogP contribution in [0.4, 0.5) is 0 Å². The van der Waals surface area contributed by atoms with Crippen LogP contribution in [0, 0.1) is 5.92 Å². The molecule has 0 aliphatic rings.